The quantitative estimate of drug-likeness (QED) is 0.503. The lowest BCUT2D eigenvalue weighted by Gasteiger charge is -2.35. The first-order valence-corrected chi connectivity index (χ1v) is 4.83. The van der Waals surface area contributed by atoms with E-state index >= 15 is 0 Å². The van der Waals surface area contributed by atoms with E-state index in [1.807, 2.05) is 0 Å². The molecule has 0 aromatic rings. The van der Waals surface area contributed by atoms with Gasteiger partial charge in [0.25, 0.3) is 0 Å². The fraction of sp³-hybridized carbons (Fsp3) is 0.727. The van der Waals surface area contributed by atoms with Gasteiger partial charge in [0.15, 0.2) is 0 Å². The standard InChI is InChI=1S/C11H16O/c1-8-4-3-6-11(2)7-5-9(12)10(8)11/h3-4,8,10H,5-7H2,1-2H3/t8?,10-,11+/m0/s1. The molecule has 1 fully saturated rings. The van der Waals surface area contributed by atoms with Crippen molar-refractivity contribution >= 4 is 5.78 Å². The van der Waals surface area contributed by atoms with Crippen LogP contribution in [0.25, 0.3) is 0 Å². The molecule has 0 saturated heterocycles. The van der Waals surface area contributed by atoms with Crippen LogP contribution in [0.5, 0.6) is 0 Å². The van der Waals surface area contributed by atoms with Gasteiger partial charge in [-0.3, -0.25) is 4.79 Å². The van der Waals surface area contributed by atoms with Gasteiger partial charge >= 0.3 is 0 Å². The number of carbonyl (C=O) groups excluding carboxylic acids is 1. The maximum atomic E-state index is 11.6. The first-order chi connectivity index (χ1) is 5.63. The summed E-state index contributed by atoms with van der Waals surface area (Å²) in [6.07, 6.45) is 7.47. The number of carbonyl (C=O) groups is 1. The molecule has 0 aromatic heterocycles. The predicted molar refractivity (Wildman–Crippen MR) is 48.8 cm³/mol. The largest absolute Gasteiger partial charge is 0.299 e. The van der Waals surface area contributed by atoms with Crippen molar-refractivity contribution in [2.75, 3.05) is 0 Å². The lowest BCUT2D eigenvalue weighted by atomic mass is 9.68. The summed E-state index contributed by atoms with van der Waals surface area (Å²) < 4.78 is 0. The molecule has 66 valence electrons. The zero-order chi connectivity index (χ0) is 8.77. The molecule has 1 unspecified atom stereocenters. The van der Waals surface area contributed by atoms with E-state index in [0.717, 1.165) is 19.3 Å². The monoisotopic (exact) mass is 164 g/mol. The van der Waals surface area contributed by atoms with E-state index in [1.54, 1.807) is 0 Å². The third-order valence-electron chi connectivity index (χ3n) is 3.59. The summed E-state index contributed by atoms with van der Waals surface area (Å²) in [6, 6.07) is 0. The maximum absolute atomic E-state index is 11.6. The van der Waals surface area contributed by atoms with Gasteiger partial charge < -0.3 is 0 Å². The molecule has 0 N–H and O–H groups in total. The predicted octanol–water partition coefficient (Wildman–Crippen LogP) is 2.57. The lowest BCUT2D eigenvalue weighted by Crippen LogP contribution is -2.32. The van der Waals surface area contributed by atoms with Crippen LogP contribution in [-0.4, -0.2) is 5.78 Å². The van der Waals surface area contributed by atoms with Crippen LogP contribution >= 0.6 is 0 Å². The van der Waals surface area contributed by atoms with Crippen LogP contribution in [0.1, 0.15) is 33.1 Å². The Hall–Kier alpha value is -0.590. The number of ketones is 1. The Morgan fingerprint density at radius 2 is 2.33 bits per heavy atom. The molecule has 12 heavy (non-hydrogen) atoms. The molecule has 0 heterocycles. The van der Waals surface area contributed by atoms with E-state index in [4.69, 9.17) is 0 Å². The average molecular weight is 164 g/mol. The van der Waals surface area contributed by atoms with Gasteiger partial charge in [0.05, 0.1) is 0 Å². The van der Waals surface area contributed by atoms with Crippen LogP contribution in [-0.2, 0) is 4.79 Å². The van der Waals surface area contributed by atoms with Crippen molar-refractivity contribution in [2.24, 2.45) is 17.3 Å². The van der Waals surface area contributed by atoms with Crippen molar-refractivity contribution < 1.29 is 4.79 Å². The molecule has 0 radical (unpaired) electrons. The molecule has 3 atom stereocenters. The molecule has 2 rings (SSSR count). The van der Waals surface area contributed by atoms with Crippen molar-refractivity contribution in [3.63, 3.8) is 0 Å². The molecule has 0 aliphatic heterocycles. The maximum Gasteiger partial charge on any atom is 0.137 e. The second kappa shape index (κ2) is 2.45. The summed E-state index contributed by atoms with van der Waals surface area (Å²) >= 11 is 0. The fourth-order valence-electron chi connectivity index (χ4n) is 2.93. The van der Waals surface area contributed by atoms with Crippen molar-refractivity contribution in [3.05, 3.63) is 12.2 Å². The minimum atomic E-state index is 0.297. The number of Topliss-reactive ketones (excluding diaryl/α,β-unsaturated/α-hetero) is 1. The first kappa shape index (κ1) is 8.03. The van der Waals surface area contributed by atoms with Crippen LogP contribution in [0.4, 0.5) is 0 Å². The number of hydrogen-bond acceptors (Lipinski definition) is 1. The van der Waals surface area contributed by atoms with E-state index in [-0.39, 0.29) is 0 Å². The highest BCUT2D eigenvalue weighted by molar-refractivity contribution is 5.84. The Morgan fingerprint density at radius 1 is 1.58 bits per heavy atom. The van der Waals surface area contributed by atoms with Crippen molar-refractivity contribution in [1.29, 1.82) is 0 Å². The normalized spacial score (nSPS) is 46.3. The van der Waals surface area contributed by atoms with Crippen molar-refractivity contribution in [3.8, 4) is 0 Å². The fourth-order valence-corrected chi connectivity index (χ4v) is 2.93. The number of hydrogen-bond donors (Lipinski definition) is 0. The minimum Gasteiger partial charge on any atom is -0.299 e. The van der Waals surface area contributed by atoms with E-state index in [1.165, 1.54) is 0 Å². The summed E-state index contributed by atoms with van der Waals surface area (Å²) in [5, 5.41) is 0. The summed E-state index contributed by atoms with van der Waals surface area (Å²) in [4.78, 5) is 11.6. The van der Waals surface area contributed by atoms with Crippen LogP contribution < -0.4 is 0 Å². The highest BCUT2D eigenvalue weighted by atomic mass is 16.1. The van der Waals surface area contributed by atoms with Crippen molar-refractivity contribution in [1.82, 2.24) is 0 Å². The summed E-state index contributed by atoms with van der Waals surface area (Å²) in [6.45, 7) is 4.43. The Labute approximate surface area is 73.8 Å². The van der Waals surface area contributed by atoms with E-state index in [0.29, 0.717) is 23.0 Å². The van der Waals surface area contributed by atoms with Gasteiger partial charge in [-0.25, -0.2) is 0 Å². The molecular formula is C11H16O. The topological polar surface area (TPSA) is 17.1 Å². The van der Waals surface area contributed by atoms with Gasteiger partial charge in [0.1, 0.15) is 5.78 Å². The molecule has 0 spiro atoms. The van der Waals surface area contributed by atoms with Gasteiger partial charge in [-0.2, -0.15) is 0 Å². The van der Waals surface area contributed by atoms with Gasteiger partial charge in [0.2, 0.25) is 0 Å². The first-order valence-electron chi connectivity index (χ1n) is 4.83. The lowest BCUT2D eigenvalue weighted by molar-refractivity contribution is -0.123. The molecule has 0 bridgehead atoms. The van der Waals surface area contributed by atoms with Crippen molar-refractivity contribution in [2.45, 2.75) is 33.1 Å². The Bertz CT molecular complexity index is 241. The zero-order valence-electron chi connectivity index (χ0n) is 7.84. The van der Waals surface area contributed by atoms with E-state index in [2.05, 4.69) is 26.0 Å². The molecular weight excluding hydrogens is 148 g/mol. The SMILES string of the molecule is CC1C=CC[C@]2(C)CCC(=O)[C@H]12. The van der Waals surface area contributed by atoms with Gasteiger partial charge in [-0.05, 0) is 24.2 Å². The minimum absolute atomic E-state index is 0.297. The molecule has 1 nitrogen and oxygen atoms in total. The highest BCUT2D eigenvalue weighted by Gasteiger charge is 2.47. The van der Waals surface area contributed by atoms with Gasteiger partial charge in [-0.15, -0.1) is 0 Å². The number of rotatable bonds is 0. The van der Waals surface area contributed by atoms with Crippen LogP contribution in [0.3, 0.4) is 0 Å². The molecule has 2 aliphatic carbocycles. The third-order valence-corrected chi connectivity index (χ3v) is 3.59. The zero-order valence-corrected chi connectivity index (χ0v) is 7.84. The highest BCUT2D eigenvalue weighted by Crippen LogP contribution is 2.49. The van der Waals surface area contributed by atoms with E-state index < -0.39 is 0 Å². The number of allylic oxidation sites excluding steroid dienone is 2. The Morgan fingerprint density at radius 3 is 3.00 bits per heavy atom. The molecule has 1 heteroatoms. The smallest absolute Gasteiger partial charge is 0.137 e. The third kappa shape index (κ3) is 0.954. The second-order valence-electron chi connectivity index (χ2n) is 4.59. The number of fused-ring (bicyclic) bond motifs is 1. The molecule has 2 aliphatic rings. The average Bonchev–Trinajstić information content (AvgIpc) is 2.29. The Kier molecular flexibility index (Phi) is 1.64. The van der Waals surface area contributed by atoms with E-state index in [9.17, 15) is 4.79 Å². The second-order valence-corrected chi connectivity index (χ2v) is 4.59. The van der Waals surface area contributed by atoms with Crippen LogP contribution in [0.15, 0.2) is 12.2 Å². The van der Waals surface area contributed by atoms with Crippen LogP contribution in [0, 0.1) is 17.3 Å². The summed E-state index contributed by atoms with van der Waals surface area (Å²) in [7, 11) is 0. The Balaban J connectivity index is 2.35. The van der Waals surface area contributed by atoms with Gasteiger partial charge in [-0.1, -0.05) is 26.0 Å². The molecule has 0 amide bonds. The van der Waals surface area contributed by atoms with Gasteiger partial charge in [0, 0.05) is 12.3 Å². The molecule has 0 aromatic carbocycles. The summed E-state index contributed by atoms with van der Waals surface area (Å²) in [5.41, 5.74) is 0.297. The summed E-state index contributed by atoms with van der Waals surface area (Å²) in [5.74, 6) is 1.29. The van der Waals surface area contributed by atoms with Crippen LogP contribution in [0.2, 0.25) is 0 Å². The molecule has 1 saturated carbocycles.